The average Bonchev–Trinajstić information content (AvgIpc) is 2.71. The van der Waals surface area contributed by atoms with Gasteiger partial charge < -0.3 is 10.2 Å². The molecule has 2 N–H and O–H groups in total. The quantitative estimate of drug-likeness (QED) is 0.848. The monoisotopic (exact) mass is 238 g/mol. The van der Waals surface area contributed by atoms with Crippen LogP contribution in [0.5, 0.6) is 5.75 Å². The van der Waals surface area contributed by atoms with E-state index in [-0.39, 0.29) is 11.7 Å². The molecule has 2 unspecified atom stereocenters. The molecular weight excluding hydrogens is 224 g/mol. The van der Waals surface area contributed by atoms with Crippen molar-refractivity contribution in [3.63, 3.8) is 0 Å². The summed E-state index contributed by atoms with van der Waals surface area (Å²) in [4.78, 5) is 11.3. The summed E-state index contributed by atoms with van der Waals surface area (Å²) in [6, 6.07) is 6.60. The second-order valence-corrected chi connectivity index (χ2v) is 5.18. The van der Waals surface area contributed by atoms with Crippen molar-refractivity contribution in [1.29, 1.82) is 0 Å². The van der Waals surface area contributed by atoms with Gasteiger partial charge in [-0.2, -0.15) is 11.8 Å². The molecule has 1 aromatic rings. The number of rotatable bonds is 3. The largest absolute Gasteiger partial charge is 0.508 e. The number of thioether (sulfide) groups is 1. The Morgan fingerprint density at radius 2 is 2.31 bits per heavy atom. The van der Waals surface area contributed by atoms with E-state index < -0.39 is 11.9 Å². The lowest BCUT2D eigenvalue weighted by Gasteiger charge is -2.19. The number of benzene rings is 1. The molecular formula is C12H14O3S. The molecule has 2 atom stereocenters. The van der Waals surface area contributed by atoms with Crippen LogP contribution in [0.3, 0.4) is 0 Å². The molecule has 1 aliphatic heterocycles. The molecule has 0 amide bonds. The Morgan fingerprint density at radius 1 is 1.50 bits per heavy atom. The normalized spacial score (nSPS) is 21.9. The Kier molecular flexibility index (Phi) is 3.39. The zero-order valence-electron chi connectivity index (χ0n) is 8.80. The predicted molar refractivity (Wildman–Crippen MR) is 63.9 cm³/mol. The highest BCUT2D eigenvalue weighted by atomic mass is 32.2. The van der Waals surface area contributed by atoms with Crippen LogP contribution in [0.15, 0.2) is 24.3 Å². The van der Waals surface area contributed by atoms with Gasteiger partial charge in [-0.25, -0.2) is 0 Å². The van der Waals surface area contributed by atoms with Crippen LogP contribution in [-0.4, -0.2) is 27.7 Å². The van der Waals surface area contributed by atoms with Crippen molar-refractivity contribution in [1.82, 2.24) is 0 Å². The SMILES string of the molecule is O=C(O)C(c1cccc(O)c1)C1CCSC1. The van der Waals surface area contributed by atoms with Crippen LogP contribution in [-0.2, 0) is 4.79 Å². The molecule has 4 heteroatoms. The summed E-state index contributed by atoms with van der Waals surface area (Å²) in [6.07, 6.45) is 0.942. The predicted octanol–water partition coefficient (Wildman–Crippen LogP) is 2.31. The lowest BCUT2D eigenvalue weighted by molar-refractivity contribution is -0.140. The summed E-state index contributed by atoms with van der Waals surface area (Å²) in [6.45, 7) is 0. The summed E-state index contributed by atoms with van der Waals surface area (Å²) < 4.78 is 0. The highest BCUT2D eigenvalue weighted by Gasteiger charge is 2.32. The molecule has 0 spiro atoms. The van der Waals surface area contributed by atoms with Crippen molar-refractivity contribution in [2.45, 2.75) is 12.3 Å². The van der Waals surface area contributed by atoms with Gasteiger partial charge in [-0.15, -0.1) is 0 Å². The molecule has 3 nitrogen and oxygen atoms in total. The van der Waals surface area contributed by atoms with Crippen molar-refractivity contribution in [3.05, 3.63) is 29.8 Å². The van der Waals surface area contributed by atoms with E-state index in [1.807, 2.05) is 0 Å². The van der Waals surface area contributed by atoms with Crippen LogP contribution in [0.4, 0.5) is 0 Å². The molecule has 1 saturated heterocycles. The van der Waals surface area contributed by atoms with E-state index in [1.54, 1.807) is 36.0 Å². The average molecular weight is 238 g/mol. The standard InChI is InChI=1S/C12H14O3S/c13-10-3-1-2-8(6-10)11(12(14)15)9-4-5-16-7-9/h1-3,6,9,11,13H,4-5,7H2,(H,14,15). The zero-order valence-corrected chi connectivity index (χ0v) is 9.61. The van der Waals surface area contributed by atoms with E-state index in [9.17, 15) is 15.0 Å². The molecule has 0 aliphatic carbocycles. The van der Waals surface area contributed by atoms with Crippen molar-refractivity contribution in [3.8, 4) is 5.75 Å². The van der Waals surface area contributed by atoms with Gasteiger partial charge in [-0.05, 0) is 41.5 Å². The summed E-state index contributed by atoms with van der Waals surface area (Å²) in [5.74, 6) is 0.971. The minimum Gasteiger partial charge on any atom is -0.508 e. The smallest absolute Gasteiger partial charge is 0.311 e. The van der Waals surface area contributed by atoms with E-state index in [0.29, 0.717) is 5.56 Å². The van der Waals surface area contributed by atoms with E-state index in [0.717, 1.165) is 17.9 Å². The third kappa shape index (κ3) is 2.32. The van der Waals surface area contributed by atoms with Crippen LogP contribution in [0.1, 0.15) is 17.9 Å². The number of carboxylic acid groups (broad SMARTS) is 1. The maximum absolute atomic E-state index is 11.3. The van der Waals surface area contributed by atoms with Gasteiger partial charge in [0.1, 0.15) is 5.75 Å². The second-order valence-electron chi connectivity index (χ2n) is 4.03. The fourth-order valence-corrected chi connectivity index (χ4v) is 3.45. The van der Waals surface area contributed by atoms with Crippen molar-refractivity contribution in [2.75, 3.05) is 11.5 Å². The van der Waals surface area contributed by atoms with E-state index >= 15 is 0 Å². The van der Waals surface area contributed by atoms with Crippen LogP contribution in [0, 0.1) is 5.92 Å². The van der Waals surface area contributed by atoms with E-state index in [1.165, 1.54) is 0 Å². The molecule has 0 radical (unpaired) electrons. The summed E-state index contributed by atoms with van der Waals surface area (Å²) in [5.41, 5.74) is 0.708. The first kappa shape index (κ1) is 11.3. The number of hydrogen-bond donors (Lipinski definition) is 2. The number of aromatic hydroxyl groups is 1. The fraction of sp³-hybridized carbons (Fsp3) is 0.417. The van der Waals surface area contributed by atoms with Gasteiger partial charge >= 0.3 is 5.97 Å². The minimum atomic E-state index is -0.793. The molecule has 1 fully saturated rings. The molecule has 0 aromatic heterocycles. The van der Waals surface area contributed by atoms with Gasteiger partial charge in [0.2, 0.25) is 0 Å². The number of phenols is 1. The molecule has 1 aromatic carbocycles. The molecule has 1 heterocycles. The fourth-order valence-electron chi connectivity index (χ4n) is 2.15. The Morgan fingerprint density at radius 3 is 2.88 bits per heavy atom. The number of carbonyl (C=O) groups is 1. The lowest BCUT2D eigenvalue weighted by atomic mass is 9.85. The van der Waals surface area contributed by atoms with Crippen molar-refractivity contribution < 1.29 is 15.0 Å². The van der Waals surface area contributed by atoms with E-state index in [4.69, 9.17) is 0 Å². The maximum atomic E-state index is 11.3. The Labute approximate surface area is 98.5 Å². The third-order valence-corrected chi connectivity index (χ3v) is 4.12. The van der Waals surface area contributed by atoms with Crippen LogP contribution in [0.2, 0.25) is 0 Å². The zero-order chi connectivity index (χ0) is 11.5. The number of aliphatic carboxylic acids is 1. The third-order valence-electron chi connectivity index (χ3n) is 2.93. The Hall–Kier alpha value is -1.16. The Bertz CT molecular complexity index is 386. The summed E-state index contributed by atoms with van der Waals surface area (Å²) in [7, 11) is 0. The number of carboxylic acids is 1. The second kappa shape index (κ2) is 4.78. The first-order valence-corrected chi connectivity index (χ1v) is 6.43. The minimum absolute atomic E-state index is 0.134. The lowest BCUT2D eigenvalue weighted by Crippen LogP contribution is -2.21. The Balaban J connectivity index is 2.28. The van der Waals surface area contributed by atoms with Gasteiger partial charge in [-0.3, -0.25) is 4.79 Å². The summed E-state index contributed by atoms with van der Waals surface area (Å²) >= 11 is 1.80. The van der Waals surface area contributed by atoms with Crippen molar-refractivity contribution in [2.24, 2.45) is 5.92 Å². The molecule has 0 saturated carbocycles. The molecule has 1 aliphatic rings. The first-order valence-electron chi connectivity index (χ1n) is 5.28. The van der Waals surface area contributed by atoms with Gasteiger partial charge in [0.15, 0.2) is 0 Å². The van der Waals surface area contributed by atoms with Crippen LogP contribution < -0.4 is 0 Å². The van der Waals surface area contributed by atoms with Crippen LogP contribution >= 0.6 is 11.8 Å². The highest BCUT2D eigenvalue weighted by molar-refractivity contribution is 7.99. The molecule has 16 heavy (non-hydrogen) atoms. The van der Waals surface area contributed by atoms with E-state index in [2.05, 4.69) is 0 Å². The van der Waals surface area contributed by atoms with Gasteiger partial charge in [-0.1, -0.05) is 12.1 Å². The van der Waals surface area contributed by atoms with Crippen molar-refractivity contribution >= 4 is 17.7 Å². The van der Waals surface area contributed by atoms with Gasteiger partial charge in [0.05, 0.1) is 5.92 Å². The number of phenolic OH excluding ortho intramolecular Hbond substituents is 1. The van der Waals surface area contributed by atoms with Gasteiger partial charge in [0, 0.05) is 0 Å². The molecule has 2 rings (SSSR count). The molecule has 86 valence electrons. The molecule has 0 bridgehead atoms. The maximum Gasteiger partial charge on any atom is 0.311 e. The first-order chi connectivity index (χ1) is 7.68. The van der Waals surface area contributed by atoms with Gasteiger partial charge in [0.25, 0.3) is 0 Å². The van der Waals surface area contributed by atoms with Crippen LogP contribution in [0.25, 0.3) is 0 Å². The topological polar surface area (TPSA) is 57.5 Å². The summed E-state index contributed by atoms with van der Waals surface area (Å²) in [5, 5.41) is 18.7. The number of hydrogen-bond acceptors (Lipinski definition) is 3. The highest BCUT2D eigenvalue weighted by Crippen LogP contribution is 2.36.